The molecule has 0 bridgehead atoms. The van der Waals surface area contributed by atoms with Crippen LogP contribution in [0.5, 0.6) is 0 Å². The Bertz CT molecular complexity index is 2350. The first-order valence-electron chi connectivity index (χ1n) is 20.1. The maximum Gasteiger partial charge on any atom is 0.252 e. The maximum atomic E-state index is 13.9. The molecular formula is C45H48N10O4. The second kappa shape index (κ2) is 17.9. The van der Waals surface area contributed by atoms with E-state index in [4.69, 9.17) is 14.9 Å². The smallest absolute Gasteiger partial charge is 0.252 e. The Morgan fingerprint density at radius 1 is 0.729 bits per heavy atom. The van der Waals surface area contributed by atoms with Gasteiger partial charge < -0.3 is 30.0 Å². The number of carbonyl (C=O) groups excluding carboxylic acids is 2. The van der Waals surface area contributed by atoms with Gasteiger partial charge in [0.15, 0.2) is 6.04 Å². The molecule has 2 aliphatic heterocycles. The van der Waals surface area contributed by atoms with E-state index in [2.05, 4.69) is 83.7 Å². The molecule has 3 aromatic carbocycles. The molecule has 2 saturated heterocycles. The van der Waals surface area contributed by atoms with E-state index < -0.39 is 12.1 Å². The number of anilines is 1. The number of hydrogen-bond acceptors (Lipinski definition) is 10. The van der Waals surface area contributed by atoms with Crippen LogP contribution in [0, 0.1) is 5.92 Å². The van der Waals surface area contributed by atoms with E-state index in [1.807, 2.05) is 66.4 Å². The SMILES string of the molecule is COO/C=N\[C@@H](C(=O)N1CCC[C@H]1c1ncc(-c2ccc(-c3ccc(-c4cnc([C@@H]5CCCN5C(=O)[C@@H](Nc5ncccn5)C(C)C)[nH]4)cc3)cc2)[nH]1)c1ccccc1. The second-order valence-corrected chi connectivity index (χ2v) is 15.2. The third kappa shape index (κ3) is 8.63. The number of benzene rings is 3. The number of likely N-dealkylation sites (tertiary alicyclic amines) is 2. The zero-order chi connectivity index (χ0) is 40.7. The molecule has 59 heavy (non-hydrogen) atoms. The summed E-state index contributed by atoms with van der Waals surface area (Å²) < 4.78 is 0. The summed E-state index contributed by atoms with van der Waals surface area (Å²) >= 11 is 0. The molecule has 2 fully saturated rings. The highest BCUT2D eigenvalue weighted by molar-refractivity contribution is 5.86. The van der Waals surface area contributed by atoms with Gasteiger partial charge in [-0.3, -0.25) is 9.59 Å². The standard InChI is InChI=1S/C45H48N10O4/c1-29(2)39(53-45-46-22-9-23-47-45)43(56)54-24-7-12-37(54)41-48-26-35(51-41)32-18-14-30(15-19-32)31-16-20-33(21-17-31)36-27-49-42(52-36)38-13-8-25-55(38)44(57)40(50-28-59-58-3)34-10-5-4-6-11-34/h4-6,9-11,14-23,26-29,37-40H,7-8,12-13,24-25H2,1-3H3,(H,48,51)(H,49,52)(H,46,47,53)/b50-28-/t37-,38-,39-,40+/m0/s1. The van der Waals surface area contributed by atoms with E-state index in [0.29, 0.717) is 19.0 Å². The summed E-state index contributed by atoms with van der Waals surface area (Å²) in [5, 5.41) is 3.25. The fraction of sp³-hybridized carbons (Fsp3) is 0.311. The van der Waals surface area contributed by atoms with Gasteiger partial charge in [-0.05, 0) is 65.5 Å². The van der Waals surface area contributed by atoms with Gasteiger partial charge in [0, 0.05) is 25.5 Å². The van der Waals surface area contributed by atoms with E-state index in [0.717, 1.165) is 76.5 Å². The van der Waals surface area contributed by atoms with Crippen LogP contribution in [0.2, 0.25) is 0 Å². The minimum Gasteiger partial charge on any atom is -0.342 e. The molecule has 0 unspecified atom stereocenters. The van der Waals surface area contributed by atoms with Gasteiger partial charge in [0.2, 0.25) is 18.3 Å². The van der Waals surface area contributed by atoms with Crippen LogP contribution in [0.1, 0.15) is 74.9 Å². The van der Waals surface area contributed by atoms with Crippen LogP contribution in [0.15, 0.2) is 115 Å². The van der Waals surface area contributed by atoms with Crippen LogP contribution in [-0.2, 0) is 19.4 Å². The topological polar surface area (TPSA) is 167 Å². The van der Waals surface area contributed by atoms with Crippen molar-refractivity contribution in [2.75, 3.05) is 25.5 Å². The largest absolute Gasteiger partial charge is 0.342 e. The molecule has 8 rings (SSSR count). The minimum absolute atomic E-state index is 0.0253. The van der Waals surface area contributed by atoms with Crippen LogP contribution >= 0.6 is 0 Å². The van der Waals surface area contributed by atoms with Gasteiger partial charge >= 0.3 is 0 Å². The molecule has 3 aromatic heterocycles. The summed E-state index contributed by atoms with van der Waals surface area (Å²) in [5.74, 6) is 1.93. The zero-order valence-corrected chi connectivity index (χ0v) is 33.4. The van der Waals surface area contributed by atoms with Crippen molar-refractivity contribution >= 4 is 24.2 Å². The summed E-state index contributed by atoms with van der Waals surface area (Å²) in [5.41, 5.74) is 6.73. The summed E-state index contributed by atoms with van der Waals surface area (Å²) in [7, 11) is 1.39. The number of H-pyrrole nitrogens is 2. The molecule has 6 aromatic rings. The number of nitrogens with zero attached hydrogens (tertiary/aromatic N) is 7. The molecule has 0 saturated carbocycles. The van der Waals surface area contributed by atoms with E-state index >= 15 is 0 Å². The Morgan fingerprint density at radius 2 is 1.25 bits per heavy atom. The summed E-state index contributed by atoms with van der Waals surface area (Å²) in [6.07, 6.45) is 11.6. The van der Waals surface area contributed by atoms with Gasteiger partial charge in [-0.25, -0.2) is 24.9 Å². The van der Waals surface area contributed by atoms with E-state index in [9.17, 15) is 9.59 Å². The second-order valence-electron chi connectivity index (χ2n) is 15.2. The molecule has 14 nitrogen and oxygen atoms in total. The van der Waals surface area contributed by atoms with Crippen molar-refractivity contribution in [3.63, 3.8) is 0 Å². The minimum atomic E-state index is -0.761. The highest BCUT2D eigenvalue weighted by Crippen LogP contribution is 2.36. The normalized spacial score (nSPS) is 17.8. The molecular weight excluding hydrogens is 745 g/mol. The first-order chi connectivity index (χ1) is 28.9. The van der Waals surface area contributed by atoms with Crippen molar-refractivity contribution in [2.24, 2.45) is 10.9 Å². The average Bonchev–Trinajstić information content (AvgIpc) is 4.12. The lowest BCUT2D eigenvalue weighted by Crippen LogP contribution is -2.45. The van der Waals surface area contributed by atoms with Gasteiger partial charge in [-0.15, -0.1) is 0 Å². The fourth-order valence-corrected chi connectivity index (χ4v) is 8.04. The van der Waals surface area contributed by atoms with Gasteiger partial charge in [0.05, 0.1) is 43.0 Å². The van der Waals surface area contributed by atoms with Crippen molar-refractivity contribution < 1.29 is 19.4 Å². The van der Waals surface area contributed by atoms with Gasteiger partial charge in [-0.2, -0.15) is 4.89 Å². The molecule has 0 radical (unpaired) electrons. The van der Waals surface area contributed by atoms with E-state index in [1.165, 1.54) is 13.5 Å². The third-order valence-corrected chi connectivity index (χ3v) is 11.1. The Labute approximate surface area is 343 Å². The molecule has 0 aliphatic carbocycles. The maximum absolute atomic E-state index is 13.9. The van der Waals surface area contributed by atoms with Gasteiger partial charge in [0.25, 0.3) is 5.91 Å². The van der Waals surface area contributed by atoms with Crippen LogP contribution in [0.25, 0.3) is 33.6 Å². The molecule has 4 atom stereocenters. The molecule has 2 aliphatic rings. The molecule has 3 N–H and O–H groups in total. The summed E-state index contributed by atoms with van der Waals surface area (Å²) in [6, 6.07) is 26.4. The van der Waals surface area contributed by atoms with Crippen molar-refractivity contribution in [3.05, 3.63) is 127 Å². The van der Waals surface area contributed by atoms with Crippen LogP contribution < -0.4 is 5.32 Å². The average molecular weight is 793 g/mol. The van der Waals surface area contributed by atoms with Crippen molar-refractivity contribution in [1.29, 1.82) is 0 Å². The summed E-state index contributed by atoms with van der Waals surface area (Å²) in [4.78, 5) is 70.5. The quantitative estimate of drug-likeness (QED) is 0.0433. The Kier molecular flexibility index (Phi) is 11.9. The first-order valence-corrected chi connectivity index (χ1v) is 20.1. The van der Waals surface area contributed by atoms with Crippen molar-refractivity contribution in [2.45, 2.75) is 63.7 Å². The Morgan fingerprint density at radius 3 is 1.78 bits per heavy atom. The van der Waals surface area contributed by atoms with Crippen molar-refractivity contribution in [1.82, 2.24) is 39.7 Å². The Hall–Kier alpha value is -6.67. The predicted octanol–water partition coefficient (Wildman–Crippen LogP) is 7.74. The lowest BCUT2D eigenvalue weighted by molar-refractivity contribution is -0.188. The highest BCUT2D eigenvalue weighted by Gasteiger charge is 2.38. The van der Waals surface area contributed by atoms with E-state index in [1.54, 1.807) is 18.5 Å². The lowest BCUT2D eigenvalue weighted by atomic mass is 10.0. The number of aromatic nitrogens is 6. The Balaban J connectivity index is 0.918. The number of nitrogens with one attached hydrogen (secondary N) is 3. The lowest BCUT2D eigenvalue weighted by Gasteiger charge is -2.30. The molecule has 5 heterocycles. The van der Waals surface area contributed by atoms with Crippen molar-refractivity contribution in [3.8, 4) is 33.6 Å². The number of aliphatic imine (C=N–C) groups is 1. The monoisotopic (exact) mass is 792 g/mol. The third-order valence-electron chi connectivity index (χ3n) is 11.1. The van der Waals surface area contributed by atoms with Crippen LogP contribution in [-0.4, -0.2) is 84.2 Å². The molecule has 14 heteroatoms. The van der Waals surface area contributed by atoms with Gasteiger partial charge in [-0.1, -0.05) is 92.7 Å². The van der Waals surface area contributed by atoms with Gasteiger partial charge in [0.1, 0.15) is 17.7 Å². The van der Waals surface area contributed by atoms with Crippen LogP contribution in [0.4, 0.5) is 5.95 Å². The van der Waals surface area contributed by atoms with E-state index in [-0.39, 0.29) is 29.8 Å². The first kappa shape index (κ1) is 39.2. The fourth-order valence-electron chi connectivity index (χ4n) is 8.04. The highest BCUT2D eigenvalue weighted by atomic mass is 17.2. The zero-order valence-electron chi connectivity index (χ0n) is 33.4. The molecule has 302 valence electrons. The number of rotatable bonds is 14. The van der Waals surface area contributed by atoms with Crippen LogP contribution in [0.3, 0.4) is 0 Å². The molecule has 2 amide bonds. The predicted molar refractivity (Wildman–Crippen MR) is 224 cm³/mol. The number of carbonyl (C=O) groups is 2. The molecule has 0 spiro atoms. The number of amides is 2. The number of aromatic amines is 2. The number of imidazole rings is 2. The number of hydrogen-bond donors (Lipinski definition) is 3. The summed E-state index contributed by atoms with van der Waals surface area (Å²) in [6.45, 7) is 5.34.